The summed E-state index contributed by atoms with van der Waals surface area (Å²) in [5.74, 6) is -0.677. The minimum atomic E-state index is -0.455. The molecule has 7 nitrogen and oxygen atoms in total. The molecule has 3 aromatic rings. The first-order valence-electron chi connectivity index (χ1n) is 9.33. The summed E-state index contributed by atoms with van der Waals surface area (Å²) in [7, 11) is 0. The number of fused-ring (bicyclic) bond motifs is 3. The summed E-state index contributed by atoms with van der Waals surface area (Å²) >= 11 is 0. The Morgan fingerprint density at radius 3 is 2.89 bits per heavy atom. The molecule has 0 radical (unpaired) electrons. The first kappa shape index (κ1) is 16.2. The van der Waals surface area contributed by atoms with Crippen molar-refractivity contribution < 1.29 is 18.9 Å². The molecule has 3 unspecified atom stereocenters. The zero-order valence-electron chi connectivity index (χ0n) is 14.7. The molecule has 1 aliphatic carbocycles. The van der Waals surface area contributed by atoms with Crippen molar-refractivity contribution in [1.82, 2.24) is 15.5 Å². The monoisotopic (exact) mass is 365 g/mol. The van der Waals surface area contributed by atoms with Crippen LogP contribution >= 0.6 is 0 Å². The van der Waals surface area contributed by atoms with E-state index in [1.807, 2.05) is 12.1 Å². The Bertz CT molecular complexity index is 1080. The first-order valence-corrected chi connectivity index (χ1v) is 9.33. The number of hydrogen-bond acceptors (Lipinski definition) is 5. The molecule has 138 valence electrons. The maximum absolute atomic E-state index is 12.4. The van der Waals surface area contributed by atoms with Gasteiger partial charge in [-0.3, -0.25) is 19.9 Å². The van der Waals surface area contributed by atoms with Gasteiger partial charge in [0.15, 0.2) is 5.58 Å². The van der Waals surface area contributed by atoms with E-state index in [0.29, 0.717) is 18.5 Å². The van der Waals surface area contributed by atoms with Crippen LogP contribution in [0.3, 0.4) is 0 Å². The van der Waals surface area contributed by atoms with E-state index in [1.165, 1.54) is 0 Å². The minimum absolute atomic E-state index is 0.0851. The molecule has 3 atom stereocenters. The van der Waals surface area contributed by atoms with Gasteiger partial charge in [0.1, 0.15) is 6.29 Å². The van der Waals surface area contributed by atoms with Crippen molar-refractivity contribution in [3.63, 3.8) is 0 Å². The highest BCUT2D eigenvalue weighted by atomic mass is 16.5. The second kappa shape index (κ2) is 6.04. The normalized spacial score (nSPS) is 26.0. The molecule has 1 aromatic carbocycles. The van der Waals surface area contributed by atoms with Gasteiger partial charge < -0.3 is 9.32 Å². The average Bonchev–Trinajstić information content (AvgIpc) is 3.39. The second-order valence-corrected chi connectivity index (χ2v) is 7.58. The second-order valence-electron chi connectivity index (χ2n) is 7.58. The number of nitrogens with zero attached hydrogens (tertiary/aromatic N) is 1. The first-order chi connectivity index (χ1) is 13.2. The third kappa shape index (κ3) is 2.49. The summed E-state index contributed by atoms with van der Waals surface area (Å²) in [6.07, 6.45) is 6.16. The molecule has 2 aromatic heterocycles. The fraction of sp³-hybridized carbons (Fsp3) is 0.400. The van der Waals surface area contributed by atoms with E-state index in [1.54, 1.807) is 6.20 Å². The summed E-state index contributed by atoms with van der Waals surface area (Å²) in [5, 5.41) is 7.17. The number of amides is 2. The summed E-state index contributed by atoms with van der Waals surface area (Å²) in [5.41, 5.74) is 3.32. The van der Waals surface area contributed by atoms with Crippen LogP contribution in [0.25, 0.3) is 21.9 Å². The van der Waals surface area contributed by atoms with E-state index >= 15 is 0 Å². The number of carbonyl (C=O) groups is 3. The van der Waals surface area contributed by atoms with Gasteiger partial charge in [-0.25, -0.2) is 5.16 Å². The van der Waals surface area contributed by atoms with Crippen molar-refractivity contribution >= 4 is 40.0 Å². The predicted molar refractivity (Wildman–Crippen MR) is 97.1 cm³/mol. The van der Waals surface area contributed by atoms with Gasteiger partial charge in [0.25, 0.3) is 0 Å². The van der Waals surface area contributed by atoms with Crippen LogP contribution in [0.5, 0.6) is 0 Å². The lowest BCUT2D eigenvalue weighted by Gasteiger charge is -2.19. The predicted octanol–water partition coefficient (Wildman–Crippen LogP) is 2.91. The van der Waals surface area contributed by atoms with E-state index in [0.717, 1.165) is 53.0 Å². The number of nitrogens with one attached hydrogen (secondary N) is 2. The lowest BCUT2D eigenvalue weighted by atomic mass is 9.89. The zero-order valence-corrected chi connectivity index (χ0v) is 14.7. The lowest BCUT2D eigenvalue weighted by molar-refractivity contribution is -0.134. The highest BCUT2D eigenvalue weighted by Gasteiger charge is 2.34. The van der Waals surface area contributed by atoms with Crippen molar-refractivity contribution in [2.75, 3.05) is 0 Å². The lowest BCUT2D eigenvalue weighted by Crippen LogP contribution is -2.39. The molecule has 1 saturated carbocycles. The smallest absolute Gasteiger partial charge is 0.235 e. The van der Waals surface area contributed by atoms with Gasteiger partial charge in [0, 0.05) is 29.5 Å². The maximum atomic E-state index is 12.4. The number of rotatable bonds is 3. The number of H-pyrrole nitrogens is 1. The quantitative estimate of drug-likeness (QED) is 0.548. The highest BCUT2D eigenvalue weighted by Crippen LogP contribution is 2.44. The van der Waals surface area contributed by atoms with Gasteiger partial charge in [0.2, 0.25) is 11.8 Å². The molecule has 2 N–H and O–H groups in total. The Morgan fingerprint density at radius 1 is 1.22 bits per heavy atom. The number of aldehydes is 1. The Morgan fingerprint density at radius 2 is 2.11 bits per heavy atom. The minimum Gasteiger partial charge on any atom is -0.381 e. The number of aromatic nitrogens is 2. The molecule has 1 aliphatic heterocycles. The van der Waals surface area contributed by atoms with Crippen molar-refractivity contribution in [3.05, 3.63) is 29.6 Å². The van der Waals surface area contributed by atoms with Gasteiger partial charge >= 0.3 is 0 Å². The largest absolute Gasteiger partial charge is 0.381 e. The van der Waals surface area contributed by atoms with E-state index < -0.39 is 5.92 Å². The molecule has 5 rings (SSSR count). The molecule has 0 bridgehead atoms. The van der Waals surface area contributed by atoms with Crippen LogP contribution in [0, 0.1) is 5.92 Å². The summed E-state index contributed by atoms with van der Waals surface area (Å²) < 4.78 is 5.86. The summed E-state index contributed by atoms with van der Waals surface area (Å²) in [6, 6.07) is 3.96. The van der Waals surface area contributed by atoms with E-state index in [9.17, 15) is 14.4 Å². The van der Waals surface area contributed by atoms with Gasteiger partial charge in [0.05, 0.1) is 22.5 Å². The number of hydrogen-bond donors (Lipinski definition) is 2. The van der Waals surface area contributed by atoms with Crippen LogP contribution in [-0.4, -0.2) is 28.2 Å². The third-order valence-corrected chi connectivity index (χ3v) is 6.01. The third-order valence-electron chi connectivity index (χ3n) is 6.01. The van der Waals surface area contributed by atoms with Crippen LogP contribution in [-0.2, 0) is 14.4 Å². The van der Waals surface area contributed by atoms with Crippen LogP contribution in [0.1, 0.15) is 55.2 Å². The van der Waals surface area contributed by atoms with Gasteiger partial charge in [-0.2, -0.15) is 0 Å². The highest BCUT2D eigenvalue weighted by molar-refractivity contribution is 6.10. The Hall–Kier alpha value is -2.96. The Kier molecular flexibility index (Phi) is 3.63. The molecule has 3 heterocycles. The number of imide groups is 1. The van der Waals surface area contributed by atoms with Crippen LogP contribution < -0.4 is 5.32 Å². The molecule has 7 heteroatoms. The molecule has 1 saturated heterocycles. The van der Waals surface area contributed by atoms with E-state index in [2.05, 4.69) is 15.5 Å². The van der Waals surface area contributed by atoms with Crippen LogP contribution in [0.2, 0.25) is 0 Å². The van der Waals surface area contributed by atoms with E-state index in [-0.39, 0.29) is 23.7 Å². The van der Waals surface area contributed by atoms with Crippen LogP contribution in [0.4, 0.5) is 0 Å². The maximum Gasteiger partial charge on any atom is 0.235 e. The number of piperidine rings is 1. The molecule has 2 fully saturated rings. The van der Waals surface area contributed by atoms with Gasteiger partial charge in [-0.15, -0.1) is 0 Å². The molecular formula is C20H19N3O4. The Labute approximate surface area is 154 Å². The number of carbonyl (C=O) groups excluding carboxylic acids is 3. The molecular weight excluding hydrogens is 346 g/mol. The molecule has 0 spiro atoms. The molecule has 27 heavy (non-hydrogen) atoms. The van der Waals surface area contributed by atoms with Gasteiger partial charge in [-0.05, 0) is 43.7 Å². The summed E-state index contributed by atoms with van der Waals surface area (Å²) in [4.78, 5) is 39.5. The Balaban J connectivity index is 1.68. The molecule has 2 aliphatic rings. The average molecular weight is 365 g/mol. The van der Waals surface area contributed by atoms with E-state index in [4.69, 9.17) is 4.52 Å². The summed E-state index contributed by atoms with van der Waals surface area (Å²) in [6.45, 7) is 0. The van der Waals surface area contributed by atoms with Crippen molar-refractivity contribution in [3.8, 4) is 0 Å². The SMILES string of the molecule is O=CC1CCC(c2cc3nccc3c3c(C4CCC(=O)NC4=O)[nH]oc23)C1. The van der Waals surface area contributed by atoms with Gasteiger partial charge in [-0.1, -0.05) is 0 Å². The number of benzene rings is 1. The standard InChI is InChI=1S/C20H19N3O4/c24-9-10-1-2-11(7-10)14-8-15-12(5-6-21-15)17-18(23-27-19(14)17)13-3-4-16(25)22-20(13)26/h5-6,8-11,13,23H,1-4,7H2,(H,22,25,26). The fourth-order valence-electron chi connectivity index (χ4n) is 4.63. The zero-order chi connectivity index (χ0) is 18.5. The van der Waals surface area contributed by atoms with Crippen LogP contribution in [0.15, 0.2) is 22.9 Å². The van der Waals surface area contributed by atoms with Crippen molar-refractivity contribution in [2.24, 2.45) is 5.92 Å². The van der Waals surface area contributed by atoms with Crippen molar-refractivity contribution in [1.29, 1.82) is 0 Å². The number of aromatic amines is 1. The fourth-order valence-corrected chi connectivity index (χ4v) is 4.63. The van der Waals surface area contributed by atoms with Crippen molar-refractivity contribution in [2.45, 2.75) is 43.9 Å². The topological polar surface area (TPSA) is 105 Å². The molecule has 2 amide bonds.